The van der Waals surface area contributed by atoms with Crippen molar-refractivity contribution in [3.63, 3.8) is 0 Å². The van der Waals surface area contributed by atoms with Gasteiger partial charge in [-0.3, -0.25) is 0 Å². The van der Waals surface area contributed by atoms with Crippen molar-refractivity contribution < 1.29 is 23.4 Å². The van der Waals surface area contributed by atoms with Gasteiger partial charge in [0.15, 0.2) is 0 Å². The zero-order valence-corrected chi connectivity index (χ0v) is 10.9. The maximum absolute atomic E-state index is 11.8. The number of aromatic nitrogens is 1. The molecule has 3 N–H and O–H groups in total. The number of nitrogens with one attached hydrogen (secondary N) is 1. The summed E-state index contributed by atoms with van der Waals surface area (Å²) in [4.78, 5) is 10.8. The predicted octanol–water partition coefficient (Wildman–Crippen LogP) is -0.135. The topological polar surface area (TPSA) is 109 Å². The first-order valence-corrected chi connectivity index (χ1v) is 6.87. The lowest BCUT2D eigenvalue weighted by Gasteiger charge is -2.06. The summed E-state index contributed by atoms with van der Waals surface area (Å²) in [5.74, 6) is -1.19. The summed E-state index contributed by atoms with van der Waals surface area (Å²) >= 11 is 0. The standard InChI is InChI=1S/C10H16N2O5S/c1-3-12-6-8(4-9(12)10(14)15)18(16,17)11-5-7(2)13/h4,6-7,11,13H,3,5H2,1-2H3,(H,14,15). The minimum Gasteiger partial charge on any atom is -0.477 e. The molecule has 0 amide bonds. The first-order valence-electron chi connectivity index (χ1n) is 5.39. The van der Waals surface area contributed by atoms with E-state index in [2.05, 4.69) is 4.72 Å². The summed E-state index contributed by atoms with van der Waals surface area (Å²) in [6, 6.07) is 1.09. The molecule has 8 heteroatoms. The fourth-order valence-corrected chi connectivity index (χ4v) is 2.54. The number of rotatable bonds is 6. The quantitative estimate of drug-likeness (QED) is 0.670. The highest BCUT2D eigenvalue weighted by molar-refractivity contribution is 7.89. The third kappa shape index (κ3) is 3.31. The van der Waals surface area contributed by atoms with Crippen LogP contribution in [0.25, 0.3) is 0 Å². The van der Waals surface area contributed by atoms with Crippen molar-refractivity contribution in [2.45, 2.75) is 31.4 Å². The number of aliphatic hydroxyl groups excluding tert-OH is 1. The molecule has 1 atom stereocenters. The molecule has 0 aromatic carbocycles. The molecule has 1 aromatic heterocycles. The van der Waals surface area contributed by atoms with Gasteiger partial charge in [-0.05, 0) is 19.9 Å². The van der Waals surface area contributed by atoms with Crippen LogP contribution in [0.5, 0.6) is 0 Å². The van der Waals surface area contributed by atoms with E-state index in [0.717, 1.165) is 6.07 Å². The van der Waals surface area contributed by atoms with E-state index in [0.29, 0.717) is 6.54 Å². The van der Waals surface area contributed by atoms with Gasteiger partial charge in [0.2, 0.25) is 10.0 Å². The van der Waals surface area contributed by atoms with Crippen LogP contribution in [0.3, 0.4) is 0 Å². The number of nitrogens with zero attached hydrogens (tertiary/aromatic N) is 1. The summed E-state index contributed by atoms with van der Waals surface area (Å²) < 4.78 is 27.2. The Morgan fingerprint density at radius 3 is 2.56 bits per heavy atom. The Hall–Kier alpha value is -1.38. The largest absolute Gasteiger partial charge is 0.477 e. The van der Waals surface area contributed by atoms with E-state index < -0.39 is 22.1 Å². The predicted molar refractivity (Wildman–Crippen MR) is 63.9 cm³/mol. The molecule has 0 aliphatic rings. The maximum Gasteiger partial charge on any atom is 0.352 e. The highest BCUT2D eigenvalue weighted by atomic mass is 32.2. The summed E-state index contributed by atoms with van der Waals surface area (Å²) in [5.41, 5.74) is -0.0880. The number of carbonyl (C=O) groups is 1. The van der Waals surface area contributed by atoms with Crippen molar-refractivity contribution in [1.29, 1.82) is 0 Å². The Bertz CT molecular complexity index is 532. The van der Waals surface area contributed by atoms with Crippen LogP contribution in [0, 0.1) is 0 Å². The number of carboxylic acid groups (broad SMARTS) is 1. The lowest BCUT2D eigenvalue weighted by molar-refractivity contribution is 0.0685. The molecule has 102 valence electrons. The SMILES string of the molecule is CCn1cc(S(=O)(=O)NCC(C)O)cc1C(=O)O. The lowest BCUT2D eigenvalue weighted by atomic mass is 10.4. The first-order chi connectivity index (χ1) is 8.27. The number of hydrogen-bond donors (Lipinski definition) is 3. The Morgan fingerprint density at radius 1 is 1.56 bits per heavy atom. The van der Waals surface area contributed by atoms with Crippen LogP contribution in [-0.2, 0) is 16.6 Å². The average Bonchev–Trinajstić information content (AvgIpc) is 2.71. The van der Waals surface area contributed by atoms with Gasteiger partial charge in [0.25, 0.3) is 0 Å². The van der Waals surface area contributed by atoms with Crippen LogP contribution < -0.4 is 4.72 Å². The normalized spacial score (nSPS) is 13.5. The Morgan fingerprint density at radius 2 is 2.17 bits per heavy atom. The van der Waals surface area contributed by atoms with Gasteiger partial charge >= 0.3 is 5.97 Å². The molecule has 1 unspecified atom stereocenters. The van der Waals surface area contributed by atoms with E-state index in [1.54, 1.807) is 6.92 Å². The fourth-order valence-electron chi connectivity index (χ4n) is 1.38. The molecular formula is C10H16N2O5S. The smallest absolute Gasteiger partial charge is 0.352 e. The van der Waals surface area contributed by atoms with Crippen LogP contribution in [0.1, 0.15) is 24.3 Å². The van der Waals surface area contributed by atoms with Crippen LogP contribution in [-0.4, -0.2) is 41.8 Å². The van der Waals surface area contributed by atoms with E-state index in [9.17, 15) is 13.2 Å². The van der Waals surface area contributed by atoms with Crippen LogP contribution in [0.2, 0.25) is 0 Å². The third-order valence-corrected chi connectivity index (χ3v) is 3.70. The lowest BCUT2D eigenvalue weighted by Crippen LogP contribution is -2.30. The van der Waals surface area contributed by atoms with Gasteiger partial charge in [0.05, 0.1) is 6.10 Å². The molecule has 0 saturated carbocycles. The Kier molecular flexibility index (Phi) is 4.49. The molecule has 0 radical (unpaired) electrons. The summed E-state index contributed by atoms with van der Waals surface area (Å²) in [7, 11) is -3.79. The third-order valence-electron chi connectivity index (χ3n) is 2.31. The van der Waals surface area contributed by atoms with Crippen molar-refractivity contribution >= 4 is 16.0 Å². The highest BCUT2D eigenvalue weighted by Crippen LogP contribution is 2.14. The highest BCUT2D eigenvalue weighted by Gasteiger charge is 2.20. The second-order valence-corrected chi connectivity index (χ2v) is 5.62. The molecule has 1 rings (SSSR count). The van der Waals surface area contributed by atoms with Crippen LogP contribution >= 0.6 is 0 Å². The molecule has 0 aliphatic carbocycles. The number of aliphatic hydroxyl groups is 1. The molecule has 7 nitrogen and oxygen atoms in total. The monoisotopic (exact) mass is 276 g/mol. The maximum atomic E-state index is 11.8. The van der Waals surface area contributed by atoms with Crippen molar-refractivity contribution in [3.8, 4) is 0 Å². The number of sulfonamides is 1. The van der Waals surface area contributed by atoms with E-state index in [1.165, 1.54) is 17.7 Å². The zero-order valence-electron chi connectivity index (χ0n) is 10.1. The minimum absolute atomic E-state index is 0.0880. The molecule has 0 fully saturated rings. The van der Waals surface area contributed by atoms with Crippen molar-refractivity contribution in [1.82, 2.24) is 9.29 Å². The van der Waals surface area contributed by atoms with Gasteiger partial charge in [-0.25, -0.2) is 17.9 Å². The molecular weight excluding hydrogens is 260 g/mol. The van der Waals surface area contributed by atoms with Gasteiger partial charge in [-0.2, -0.15) is 0 Å². The number of aromatic carboxylic acids is 1. The van der Waals surface area contributed by atoms with E-state index in [4.69, 9.17) is 10.2 Å². The molecule has 1 aromatic rings. The van der Waals surface area contributed by atoms with Gasteiger partial charge < -0.3 is 14.8 Å². The number of hydrogen-bond acceptors (Lipinski definition) is 4. The molecule has 0 bridgehead atoms. The number of aryl methyl sites for hydroxylation is 1. The fraction of sp³-hybridized carbons (Fsp3) is 0.500. The van der Waals surface area contributed by atoms with E-state index in [1.807, 2.05) is 0 Å². The second kappa shape index (κ2) is 5.51. The van der Waals surface area contributed by atoms with Gasteiger partial charge in [-0.1, -0.05) is 0 Å². The second-order valence-electron chi connectivity index (χ2n) is 3.85. The van der Waals surface area contributed by atoms with Gasteiger partial charge in [0.1, 0.15) is 10.6 Å². The van der Waals surface area contributed by atoms with Crippen LogP contribution in [0.4, 0.5) is 0 Å². The van der Waals surface area contributed by atoms with Crippen molar-refractivity contribution in [2.75, 3.05) is 6.54 Å². The van der Waals surface area contributed by atoms with E-state index >= 15 is 0 Å². The molecule has 0 spiro atoms. The molecule has 18 heavy (non-hydrogen) atoms. The van der Waals surface area contributed by atoms with Crippen LogP contribution in [0.15, 0.2) is 17.2 Å². The van der Waals surface area contributed by atoms with Crippen molar-refractivity contribution in [3.05, 3.63) is 18.0 Å². The molecule has 1 heterocycles. The van der Waals surface area contributed by atoms with Gasteiger partial charge in [-0.15, -0.1) is 0 Å². The average molecular weight is 276 g/mol. The van der Waals surface area contributed by atoms with Crippen molar-refractivity contribution in [2.24, 2.45) is 0 Å². The number of carboxylic acids is 1. The Balaban J connectivity index is 3.06. The summed E-state index contributed by atoms with van der Waals surface area (Å²) in [6.45, 7) is 3.39. The van der Waals surface area contributed by atoms with E-state index in [-0.39, 0.29) is 17.1 Å². The first kappa shape index (κ1) is 14.7. The summed E-state index contributed by atoms with van der Waals surface area (Å²) in [5, 5.41) is 17.9. The molecule has 0 aliphatic heterocycles. The Labute approximate surface area is 105 Å². The van der Waals surface area contributed by atoms with Gasteiger partial charge in [0, 0.05) is 19.3 Å². The zero-order chi connectivity index (χ0) is 13.9. The summed E-state index contributed by atoms with van der Waals surface area (Å²) in [6.07, 6.45) is 0.445. The molecule has 0 saturated heterocycles. The minimum atomic E-state index is -3.79.